The van der Waals surface area contributed by atoms with Crippen molar-refractivity contribution in [2.45, 2.75) is 25.3 Å². The molecule has 1 aliphatic carbocycles. The molecule has 19 heavy (non-hydrogen) atoms. The van der Waals surface area contributed by atoms with Crippen LogP contribution in [0.5, 0.6) is 5.75 Å². The maximum Gasteiger partial charge on any atom is 0.127 e. The standard InChI is InChI=1S/C17H18NO/c1-2-19-16-9-5-14(6-10-16)13-3-7-15(8-4-13)17(18)11-12-17/h3-9H,2,11-12,18H2,1H3. The second-order valence-corrected chi connectivity index (χ2v) is 5.11. The molecule has 2 heteroatoms. The van der Waals surface area contributed by atoms with Gasteiger partial charge in [0.05, 0.1) is 6.61 Å². The summed E-state index contributed by atoms with van der Waals surface area (Å²) in [7, 11) is 0. The molecular formula is C17H18NO. The zero-order valence-electron chi connectivity index (χ0n) is 11.1. The summed E-state index contributed by atoms with van der Waals surface area (Å²) >= 11 is 0. The Kier molecular flexibility index (Phi) is 3.03. The minimum Gasteiger partial charge on any atom is -0.493 e. The third-order valence-corrected chi connectivity index (χ3v) is 3.67. The van der Waals surface area contributed by atoms with E-state index in [0.29, 0.717) is 6.61 Å². The smallest absolute Gasteiger partial charge is 0.127 e. The van der Waals surface area contributed by atoms with E-state index < -0.39 is 0 Å². The molecule has 1 fully saturated rings. The normalized spacial score (nSPS) is 16.1. The fourth-order valence-corrected chi connectivity index (χ4v) is 2.25. The van der Waals surface area contributed by atoms with Crippen LogP contribution in [0, 0.1) is 6.07 Å². The summed E-state index contributed by atoms with van der Waals surface area (Å²) in [5.74, 6) is 0.793. The lowest BCUT2D eigenvalue weighted by Gasteiger charge is -2.10. The molecule has 0 atom stereocenters. The van der Waals surface area contributed by atoms with E-state index in [1.165, 1.54) is 11.1 Å². The number of hydrogen-bond acceptors (Lipinski definition) is 2. The van der Waals surface area contributed by atoms with Crippen molar-refractivity contribution in [2.24, 2.45) is 5.73 Å². The van der Waals surface area contributed by atoms with Crippen LogP contribution >= 0.6 is 0 Å². The van der Waals surface area contributed by atoms with Crippen molar-refractivity contribution >= 4 is 0 Å². The van der Waals surface area contributed by atoms with Gasteiger partial charge in [-0.15, -0.1) is 0 Å². The monoisotopic (exact) mass is 252 g/mol. The maximum atomic E-state index is 6.19. The molecular weight excluding hydrogens is 234 g/mol. The van der Waals surface area contributed by atoms with Gasteiger partial charge in [-0.2, -0.15) is 0 Å². The molecule has 0 spiro atoms. The van der Waals surface area contributed by atoms with E-state index in [0.717, 1.165) is 24.2 Å². The first-order valence-electron chi connectivity index (χ1n) is 6.76. The fourth-order valence-electron chi connectivity index (χ4n) is 2.25. The van der Waals surface area contributed by atoms with E-state index in [2.05, 4.69) is 36.4 Å². The summed E-state index contributed by atoms with van der Waals surface area (Å²) in [5, 5.41) is 0. The Balaban J connectivity index is 1.81. The highest BCUT2D eigenvalue weighted by Gasteiger charge is 2.39. The van der Waals surface area contributed by atoms with Gasteiger partial charge >= 0.3 is 0 Å². The van der Waals surface area contributed by atoms with Crippen LogP contribution in [0.25, 0.3) is 11.1 Å². The van der Waals surface area contributed by atoms with Crippen molar-refractivity contribution in [3.8, 4) is 16.9 Å². The molecule has 2 N–H and O–H groups in total. The fraction of sp³-hybridized carbons (Fsp3) is 0.294. The minimum absolute atomic E-state index is 0.0521. The first kappa shape index (κ1) is 12.2. The van der Waals surface area contributed by atoms with Crippen molar-refractivity contribution in [1.82, 2.24) is 0 Å². The average molecular weight is 252 g/mol. The second-order valence-electron chi connectivity index (χ2n) is 5.11. The lowest BCUT2D eigenvalue weighted by molar-refractivity contribution is 0.339. The molecule has 2 nitrogen and oxygen atoms in total. The number of nitrogens with two attached hydrogens (primary N) is 1. The van der Waals surface area contributed by atoms with Crippen molar-refractivity contribution in [3.05, 3.63) is 54.1 Å². The number of hydrogen-bond donors (Lipinski definition) is 1. The van der Waals surface area contributed by atoms with Crippen LogP contribution < -0.4 is 10.5 Å². The first-order valence-corrected chi connectivity index (χ1v) is 6.76. The Morgan fingerprint density at radius 2 is 1.79 bits per heavy atom. The van der Waals surface area contributed by atoms with E-state index in [9.17, 15) is 0 Å². The molecule has 0 unspecified atom stereocenters. The van der Waals surface area contributed by atoms with Gasteiger partial charge in [-0.1, -0.05) is 30.3 Å². The van der Waals surface area contributed by atoms with Crippen molar-refractivity contribution < 1.29 is 4.74 Å². The summed E-state index contributed by atoms with van der Waals surface area (Å²) in [5.41, 5.74) is 9.71. The van der Waals surface area contributed by atoms with Gasteiger partial charge in [0.25, 0.3) is 0 Å². The van der Waals surface area contributed by atoms with E-state index in [-0.39, 0.29) is 5.54 Å². The molecule has 0 amide bonds. The summed E-state index contributed by atoms with van der Waals surface area (Å²) in [4.78, 5) is 0. The molecule has 2 aromatic rings. The maximum absolute atomic E-state index is 6.19. The molecule has 0 heterocycles. The highest BCUT2D eigenvalue weighted by atomic mass is 16.5. The average Bonchev–Trinajstić information content (AvgIpc) is 3.20. The molecule has 0 aromatic heterocycles. The van der Waals surface area contributed by atoms with Gasteiger partial charge in [-0.05, 0) is 48.6 Å². The predicted molar refractivity (Wildman–Crippen MR) is 77.0 cm³/mol. The molecule has 0 bridgehead atoms. The second kappa shape index (κ2) is 4.71. The SMILES string of the molecule is CCOc1[c]cc(-c2ccc(C3(N)CC3)cc2)cc1. The van der Waals surface area contributed by atoms with Crippen LogP contribution in [0.4, 0.5) is 0 Å². The molecule has 1 aliphatic rings. The van der Waals surface area contributed by atoms with Crippen LogP contribution in [-0.2, 0) is 5.54 Å². The van der Waals surface area contributed by atoms with E-state index in [4.69, 9.17) is 10.5 Å². The van der Waals surface area contributed by atoms with Gasteiger partial charge in [-0.25, -0.2) is 0 Å². The zero-order chi connectivity index (χ0) is 13.3. The number of rotatable bonds is 4. The highest BCUT2D eigenvalue weighted by Crippen LogP contribution is 2.42. The summed E-state index contributed by atoms with van der Waals surface area (Å²) in [6.45, 7) is 2.64. The first-order chi connectivity index (χ1) is 9.21. The van der Waals surface area contributed by atoms with E-state index >= 15 is 0 Å². The molecule has 1 radical (unpaired) electrons. The van der Waals surface area contributed by atoms with E-state index in [1.807, 2.05) is 19.1 Å². The van der Waals surface area contributed by atoms with Crippen LogP contribution in [-0.4, -0.2) is 6.61 Å². The predicted octanol–water partition coefficient (Wildman–Crippen LogP) is 3.50. The molecule has 3 rings (SSSR count). The minimum atomic E-state index is -0.0521. The van der Waals surface area contributed by atoms with Gasteiger partial charge in [0.1, 0.15) is 5.75 Å². The van der Waals surface area contributed by atoms with E-state index in [1.54, 1.807) is 0 Å². The molecule has 1 saturated carbocycles. The Hall–Kier alpha value is -1.80. The Morgan fingerprint density at radius 3 is 2.32 bits per heavy atom. The van der Waals surface area contributed by atoms with Crippen molar-refractivity contribution in [1.29, 1.82) is 0 Å². The van der Waals surface area contributed by atoms with Crippen LogP contribution in [0.1, 0.15) is 25.3 Å². The van der Waals surface area contributed by atoms with Crippen LogP contribution in [0.3, 0.4) is 0 Å². The third kappa shape index (κ3) is 2.49. The van der Waals surface area contributed by atoms with Gasteiger partial charge in [0.15, 0.2) is 0 Å². The molecule has 0 aliphatic heterocycles. The number of ether oxygens (including phenoxy) is 1. The zero-order valence-corrected chi connectivity index (χ0v) is 11.1. The van der Waals surface area contributed by atoms with Gasteiger partial charge in [-0.3, -0.25) is 0 Å². The lowest BCUT2D eigenvalue weighted by Crippen LogP contribution is -2.18. The summed E-state index contributed by atoms with van der Waals surface area (Å²) in [6.07, 6.45) is 2.20. The summed E-state index contributed by atoms with van der Waals surface area (Å²) in [6, 6.07) is 17.7. The highest BCUT2D eigenvalue weighted by molar-refractivity contribution is 5.64. The van der Waals surface area contributed by atoms with Crippen molar-refractivity contribution in [2.75, 3.05) is 6.61 Å². The Morgan fingerprint density at radius 1 is 1.11 bits per heavy atom. The Labute approximate surface area is 114 Å². The molecule has 2 aromatic carbocycles. The summed E-state index contributed by atoms with van der Waals surface area (Å²) < 4.78 is 5.40. The lowest BCUT2D eigenvalue weighted by atomic mass is 10.00. The van der Waals surface area contributed by atoms with Gasteiger partial charge in [0.2, 0.25) is 0 Å². The quantitative estimate of drug-likeness (QED) is 0.904. The third-order valence-electron chi connectivity index (χ3n) is 3.67. The Bertz CT molecular complexity index is 553. The number of benzene rings is 2. The largest absolute Gasteiger partial charge is 0.493 e. The van der Waals surface area contributed by atoms with Gasteiger partial charge < -0.3 is 10.5 Å². The topological polar surface area (TPSA) is 35.2 Å². The van der Waals surface area contributed by atoms with Gasteiger partial charge in [0, 0.05) is 11.6 Å². The van der Waals surface area contributed by atoms with Crippen LogP contribution in [0.15, 0.2) is 42.5 Å². The van der Waals surface area contributed by atoms with Crippen LogP contribution in [0.2, 0.25) is 0 Å². The van der Waals surface area contributed by atoms with Crippen molar-refractivity contribution in [3.63, 3.8) is 0 Å². The molecule has 0 saturated heterocycles. The molecule has 97 valence electrons.